The molecule has 0 aromatic heterocycles. The zero-order chi connectivity index (χ0) is 37.8. The molecule has 0 radical (unpaired) electrons. The summed E-state index contributed by atoms with van der Waals surface area (Å²) in [7, 11) is 0. The third-order valence-electron chi connectivity index (χ3n) is 15.9. The van der Waals surface area contributed by atoms with Gasteiger partial charge in [-0.05, 0) is 85.4 Å². The number of hydrogen-bond acceptors (Lipinski definition) is 14. The number of carbonyl (C=O) groups excluding carboxylic acids is 1. The molecule has 14 heteroatoms. The number of carbonyl (C=O) groups is 1. The van der Waals surface area contributed by atoms with E-state index < -0.39 is 80.4 Å². The van der Waals surface area contributed by atoms with Crippen LogP contribution in [0.1, 0.15) is 85.5 Å². The third-order valence-corrected chi connectivity index (χ3v) is 15.9. The molecule has 1 spiro atoms. The van der Waals surface area contributed by atoms with Gasteiger partial charge in [0.05, 0.1) is 32.0 Å². The predicted octanol–water partition coefficient (Wildman–Crippen LogP) is 0.621. The van der Waals surface area contributed by atoms with E-state index in [9.17, 15) is 40.5 Å². The van der Waals surface area contributed by atoms with Crippen LogP contribution >= 0.6 is 0 Å². The largest absolute Gasteiger partial charge is 0.394 e. The van der Waals surface area contributed by atoms with Crippen LogP contribution in [-0.2, 0) is 33.2 Å². The van der Waals surface area contributed by atoms with Crippen molar-refractivity contribution in [2.24, 2.45) is 52.3 Å². The van der Waals surface area contributed by atoms with Gasteiger partial charge >= 0.3 is 0 Å². The predicted molar refractivity (Wildman–Crippen MR) is 183 cm³/mol. The van der Waals surface area contributed by atoms with Gasteiger partial charge in [0.15, 0.2) is 18.4 Å². The average molecular weight is 755 g/mol. The van der Waals surface area contributed by atoms with Crippen LogP contribution in [0.25, 0.3) is 0 Å². The first-order chi connectivity index (χ1) is 25.2. The Hall–Kier alpha value is -0.850. The molecule has 22 atom stereocenters. The molecule has 8 aliphatic rings. The van der Waals surface area contributed by atoms with E-state index in [1.165, 1.54) is 0 Å². The molecule has 0 aromatic carbocycles. The quantitative estimate of drug-likeness (QED) is 0.185. The normalized spacial score (nSPS) is 58.2. The van der Waals surface area contributed by atoms with Crippen molar-refractivity contribution in [1.29, 1.82) is 0 Å². The summed E-state index contributed by atoms with van der Waals surface area (Å²) < 4.78 is 36.8. The molecular weight excluding hydrogens is 692 g/mol. The monoisotopic (exact) mass is 754 g/mol. The standard InChI is InChI=1S/C39H62O14/c1-17-7-10-39(48-16-17)18(2)27-24(53-39)12-22-21-6-5-19-11-20(8-9-37(19,3)28(21)23(42)13-38(22,27)4)49-35-33(47)31(45)34(26(15-41)51-35)52-36-32(46)30(44)29(43)25(14-40)50-36/h17-22,24-36,40-41,43-47H,5-16H2,1-4H3/t17-,18+,19+,20+,21+,22+,24?,25+,26+,27+,28-,29-,30+,31-,32+,33+,34-,35-,36-,37+,38+,39-/m1/s1. The van der Waals surface area contributed by atoms with Crippen LogP contribution in [0.4, 0.5) is 0 Å². The Kier molecular flexibility index (Phi) is 10.5. The van der Waals surface area contributed by atoms with Crippen molar-refractivity contribution < 1.29 is 69.0 Å². The Balaban J connectivity index is 0.911. The molecule has 4 heterocycles. The molecule has 0 aromatic rings. The Morgan fingerprint density at radius 1 is 0.774 bits per heavy atom. The molecule has 7 N–H and O–H groups in total. The second-order valence-corrected chi connectivity index (χ2v) is 18.7. The molecule has 8 rings (SSSR count). The van der Waals surface area contributed by atoms with Gasteiger partial charge in [0.25, 0.3) is 0 Å². The van der Waals surface area contributed by atoms with Gasteiger partial charge in [-0.1, -0.05) is 27.7 Å². The summed E-state index contributed by atoms with van der Waals surface area (Å²) in [6.07, 6.45) is -7.48. The third kappa shape index (κ3) is 6.12. The van der Waals surface area contributed by atoms with Crippen molar-refractivity contribution in [3.8, 4) is 0 Å². The van der Waals surface area contributed by atoms with Gasteiger partial charge < -0.3 is 64.2 Å². The first kappa shape index (κ1) is 39.0. The maximum Gasteiger partial charge on any atom is 0.187 e. The maximum atomic E-state index is 14.5. The van der Waals surface area contributed by atoms with Gasteiger partial charge in [0, 0.05) is 24.7 Å². The van der Waals surface area contributed by atoms with E-state index in [1.807, 2.05) is 0 Å². The molecule has 14 nitrogen and oxygen atoms in total. The lowest BCUT2D eigenvalue weighted by molar-refractivity contribution is -0.364. The van der Waals surface area contributed by atoms with Gasteiger partial charge in [0.1, 0.15) is 54.6 Å². The number of aliphatic hydroxyl groups excluding tert-OH is 7. The summed E-state index contributed by atoms with van der Waals surface area (Å²) in [5.41, 5.74) is -0.288. The van der Waals surface area contributed by atoms with Gasteiger partial charge in [-0.3, -0.25) is 4.79 Å². The minimum atomic E-state index is -1.74. The Morgan fingerprint density at radius 3 is 2.17 bits per heavy atom. The Bertz CT molecular complexity index is 1340. The SMILES string of the molecule is C[C@@H]1CC[C@@]2(OC1)OC1C[C@H]3[C@@H]4CC[C@H]5C[C@@H](O[C@@H]6O[C@@H](CO)[C@@H](O[C@H]7O[C@@H](CO)[C@@H](O)[C@H](O)[C@@H]7O)[C@H](O)[C@@H]6O)CC[C@]5(C)[C@H]4C(=O)C[C@]3(C)[C@H]1[C@@H]2C. The molecule has 0 amide bonds. The lowest BCUT2D eigenvalue weighted by Gasteiger charge is -2.60. The maximum absolute atomic E-state index is 14.5. The van der Waals surface area contributed by atoms with E-state index in [4.69, 9.17) is 28.4 Å². The average Bonchev–Trinajstić information content (AvgIpc) is 3.57. The molecule has 4 saturated carbocycles. The number of rotatable bonds is 6. The number of aliphatic hydroxyl groups is 7. The van der Waals surface area contributed by atoms with Gasteiger partial charge in [-0.2, -0.15) is 0 Å². The fourth-order valence-corrected chi connectivity index (χ4v) is 13.0. The highest BCUT2D eigenvalue weighted by atomic mass is 16.7. The second kappa shape index (κ2) is 14.2. The first-order valence-corrected chi connectivity index (χ1v) is 20.2. The minimum absolute atomic E-state index is 0.0208. The van der Waals surface area contributed by atoms with Gasteiger partial charge in [-0.25, -0.2) is 0 Å². The number of ketones is 1. The molecule has 1 unspecified atom stereocenters. The molecule has 0 bridgehead atoms. The number of Topliss-reactive ketones (excluding diaryl/α,β-unsaturated/α-hetero) is 1. The van der Waals surface area contributed by atoms with Crippen LogP contribution in [-0.4, -0.2) is 141 Å². The highest BCUT2D eigenvalue weighted by Crippen LogP contribution is 2.70. The van der Waals surface area contributed by atoms with Crippen molar-refractivity contribution in [1.82, 2.24) is 0 Å². The number of hydrogen-bond donors (Lipinski definition) is 7. The Labute approximate surface area is 311 Å². The van der Waals surface area contributed by atoms with Crippen LogP contribution in [0, 0.1) is 52.3 Å². The van der Waals surface area contributed by atoms with Crippen molar-refractivity contribution in [2.45, 2.75) is 165 Å². The van der Waals surface area contributed by atoms with E-state index in [0.29, 0.717) is 48.7 Å². The zero-order valence-corrected chi connectivity index (χ0v) is 31.4. The molecule has 4 aliphatic heterocycles. The van der Waals surface area contributed by atoms with Crippen LogP contribution in [0.15, 0.2) is 0 Å². The van der Waals surface area contributed by atoms with Gasteiger partial charge in [-0.15, -0.1) is 0 Å². The molecule has 4 aliphatic carbocycles. The molecule has 53 heavy (non-hydrogen) atoms. The van der Waals surface area contributed by atoms with E-state index >= 15 is 0 Å². The second-order valence-electron chi connectivity index (χ2n) is 18.7. The van der Waals surface area contributed by atoms with Crippen LogP contribution in [0.3, 0.4) is 0 Å². The zero-order valence-electron chi connectivity index (χ0n) is 31.4. The van der Waals surface area contributed by atoms with Crippen LogP contribution < -0.4 is 0 Å². The van der Waals surface area contributed by atoms with E-state index in [2.05, 4.69) is 27.7 Å². The Morgan fingerprint density at radius 2 is 1.47 bits per heavy atom. The van der Waals surface area contributed by atoms with Gasteiger partial charge in [0.2, 0.25) is 0 Å². The topological polar surface area (TPSA) is 214 Å². The van der Waals surface area contributed by atoms with Crippen LogP contribution in [0.5, 0.6) is 0 Å². The fraction of sp³-hybridized carbons (Fsp3) is 0.974. The fourth-order valence-electron chi connectivity index (χ4n) is 13.0. The summed E-state index contributed by atoms with van der Waals surface area (Å²) in [4.78, 5) is 14.5. The van der Waals surface area contributed by atoms with Crippen molar-refractivity contribution in [2.75, 3.05) is 19.8 Å². The number of fused-ring (bicyclic) bond motifs is 7. The summed E-state index contributed by atoms with van der Waals surface area (Å²) in [5, 5.41) is 72.7. The van der Waals surface area contributed by atoms with E-state index in [1.54, 1.807) is 0 Å². The summed E-state index contributed by atoms with van der Waals surface area (Å²) in [6.45, 7) is 8.63. The number of ether oxygens (including phenoxy) is 6. The summed E-state index contributed by atoms with van der Waals surface area (Å²) >= 11 is 0. The van der Waals surface area contributed by atoms with Crippen molar-refractivity contribution in [3.05, 3.63) is 0 Å². The summed E-state index contributed by atoms with van der Waals surface area (Å²) in [5.74, 6) is 1.91. The van der Waals surface area contributed by atoms with Crippen molar-refractivity contribution >= 4 is 5.78 Å². The smallest absolute Gasteiger partial charge is 0.187 e. The molecular formula is C39H62O14. The molecule has 302 valence electrons. The highest BCUT2D eigenvalue weighted by Gasteiger charge is 2.71. The lowest BCUT2D eigenvalue weighted by atomic mass is 9.44. The van der Waals surface area contributed by atoms with E-state index in [0.717, 1.165) is 45.1 Å². The molecule has 4 saturated heterocycles. The summed E-state index contributed by atoms with van der Waals surface area (Å²) in [6, 6.07) is 0. The lowest BCUT2D eigenvalue weighted by Crippen LogP contribution is -2.65. The van der Waals surface area contributed by atoms with E-state index in [-0.39, 0.29) is 40.8 Å². The molecule has 8 fully saturated rings. The minimum Gasteiger partial charge on any atom is -0.394 e. The first-order valence-electron chi connectivity index (χ1n) is 20.2. The van der Waals surface area contributed by atoms with Crippen LogP contribution in [0.2, 0.25) is 0 Å². The highest BCUT2D eigenvalue weighted by molar-refractivity contribution is 5.84. The van der Waals surface area contributed by atoms with Crippen molar-refractivity contribution in [3.63, 3.8) is 0 Å².